The lowest BCUT2D eigenvalue weighted by Crippen LogP contribution is -2.22. The summed E-state index contributed by atoms with van der Waals surface area (Å²) in [4.78, 5) is 22.1. The zero-order valence-electron chi connectivity index (χ0n) is 16.8. The Morgan fingerprint density at radius 2 is 1.97 bits per heavy atom. The molecule has 0 aliphatic carbocycles. The summed E-state index contributed by atoms with van der Waals surface area (Å²) in [7, 11) is 1.58. The van der Waals surface area contributed by atoms with E-state index in [0.29, 0.717) is 33.9 Å². The molecule has 0 unspecified atom stereocenters. The summed E-state index contributed by atoms with van der Waals surface area (Å²) in [5.74, 6) is 3.63. The summed E-state index contributed by atoms with van der Waals surface area (Å²) in [5, 5.41) is 10.1. The van der Waals surface area contributed by atoms with E-state index in [4.69, 9.17) is 11.2 Å². The number of aromatic nitrogens is 3. The van der Waals surface area contributed by atoms with Crippen LogP contribution in [0.1, 0.15) is 22.5 Å². The highest BCUT2D eigenvalue weighted by molar-refractivity contribution is 5.77. The topological polar surface area (TPSA) is 77.2 Å². The monoisotopic (exact) mass is 409 g/mol. The second-order valence-corrected chi connectivity index (χ2v) is 6.73. The van der Waals surface area contributed by atoms with Crippen LogP contribution in [0.5, 0.6) is 5.75 Å². The molecular formula is C25H19N3O3. The van der Waals surface area contributed by atoms with Gasteiger partial charge in [0.1, 0.15) is 11.6 Å². The molecule has 0 aliphatic rings. The molecule has 6 heteroatoms. The summed E-state index contributed by atoms with van der Waals surface area (Å²) in [6, 6.07) is 15.9. The predicted octanol–water partition coefficient (Wildman–Crippen LogP) is 3.43. The molecule has 6 nitrogen and oxygen atoms in total. The van der Waals surface area contributed by atoms with Gasteiger partial charge >= 0.3 is 0 Å². The van der Waals surface area contributed by atoms with Gasteiger partial charge in [-0.25, -0.2) is 9.97 Å². The van der Waals surface area contributed by atoms with E-state index in [-0.39, 0.29) is 12.2 Å². The SMILES string of the molecule is C#Cc1ccc(-n2c(/C=C/c3cc(OC)ccc3CO)nc3ncccc3c2=O)cc1. The first-order valence-electron chi connectivity index (χ1n) is 9.55. The molecule has 2 aromatic heterocycles. The smallest absolute Gasteiger partial charge is 0.267 e. The molecule has 0 fully saturated rings. The van der Waals surface area contributed by atoms with Gasteiger partial charge in [0.05, 0.1) is 24.8 Å². The molecule has 1 N–H and O–H groups in total. The Labute approximate surface area is 179 Å². The van der Waals surface area contributed by atoms with Crippen LogP contribution < -0.4 is 10.3 Å². The molecule has 0 radical (unpaired) electrons. The molecule has 4 aromatic rings. The largest absolute Gasteiger partial charge is 0.497 e. The highest BCUT2D eigenvalue weighted by atomic mass is 16.5. The minimum absolute atomic E-state index is 0.128. The number of hydrogen-bond acceptors (Lipinski definition) is 5. The molecule has 152 valence electrons. The number of ether oxygens (including phenoxy) is 1. The molecule has 0 aliphatic heterocycles. The van der Waals surface area contributed by atoms with Crippen molar-refractivity contribution in [3.05, 3.63) is 93.7 Å². The molecular weight excluding hydrogens is 390 g/mol. The summed E-state index contributed by atoms with van der Waals surface area (Å²) in [5.41, 5.74) is 2.95. The maximum absolute atomic E-state index is 13.3. The lowest BCUT2D eigenvalue weighted by Gasteiger charge is -2.11. The van der Waals surface area contributed by atoms with Crippen LogP contribution in [0.3, 0.4) is 0 Å². The quantitative estimate of drug-likeness (QED) is 0.511. The van der Waals surface area contributed by atoms with Crippen LogP contribution in [0.15, 0.2) is 65.6 Å². The number of pyridine rings is 1. The van der Waals surface area contributed by atoms with Crippen molar-refractivity contribution in [2.45, 2.75) is 6.61 Å². The van der Waals surface area contributed by atoms with Gasteiger partial charge in [0.2, 0.25) is 0 Å². The zero-order chi connectivity index (χ0) is 21.8. The average Bonchev–Trinajstić information content (AvgIpc) is 2.82. The summed E-state index contributed by atoms with van der Waals surface area (Å²) in [6.07, 6.45) is 10.6. The van der Waals surface area contributed by atoms with E-state index in [1.165, 1.54) is 4.57 Å². The molecule has 4 rings (SSSR count). The third-order valence-electron chi connectivity index (χ3n) is 4.90. The van der Waals surface area contributed by atoms with E-state index in [1.807, 2.05) is 6.07 Å². The lowest BCUT2D eigenvalue weighted by atomic mass is 10.1. The van der Waals surface area contributed by atoms with Crippen molar-refractivity contribution in [2.75, 3.05) is 7.11 Å². The fourth-order valence-electron chi connectivity index (χ4n) is 3.27. The number of benzene rings is 2. The van der Waals surface area contributed by atoms with Crippen molar-refractivity contribution in [1.82, 2.24) is 14.5 Å². The zero-order valence-corrected chi connectivity index (χ0v) is 16.8. The van der Waals surface area contributed by atoms with Gasteiger partial charge in [-0.05, 0) is 65.7 Å². The molecule has 31 heavy (non-hydrogen) atoms. The Balaban J connectivity index is 1.92. The van der Waals surface area contributed by atoms with Crippen molar-refractivity contribution >= 4 is 23.2 Å². The van der Waals surface area contributed by atoms with Crippen LogP contribution in [0.4, 0.5) is 0 Å². The van der Waals surface area contributed by atoms with Crippen molar-refractivity contribution in [3.63, 3.8) is 0 Å². The molecule has 0 amide bonds. The number of nitrogens with zero attached hydrogens (tertiary/aromatic N) is 3. The van der Waals surface area contributed by atoms with Gasteiger partial charge in [0, 0.05) is 11.8 Å². The van der Waals surface area contributed by atoms with Crippen LogP contribution in [-0.4, -0.2) is 26.8 Å². The number of methoxy groups -OCH3 is 1. The third kappa shape index (κ3) is 3.95. The predicted molar refractivity (Wildman–Crippen MR) is 121 cm³/mol. The van der Waals surface area contributed by atoms with Gasteiger partial charge in [-0.2, -0.15) is 0 Å². The molecule has 2 aromatic carbocycles. The van der Waals surface area contributed by atoms with Crippen LogP contribution >= 0.6 is 0 Å². The fourth-order valence-corrected chi connectivity index (χ4v) is 3.27. The first-order valence-corrected chi connectivity index (χ1v) is 9.55. The van der Waals surface area contributed by atoms with Gasteiger partial charge in [0.25, 0.3) is 5.56 Å². The number of fused-ring (bicyclic) bond motifs is 1. The first-order chi connectivity index (χ1) is 15.1. The van der Waals surface area contributed by atoms with E-state index in [0.717, 1.165) is 11.1 Å². The third-order valence-corrected chi connectivity index (χ3v) is 4.90. The Bertz CT molecular complexity index is 1380. The van der Waals surface area contributed by atoms with E-state index in [2.05, 4.69) is 15.9 Å². The Hall–Kier alpha value is -4.21. The standard InChI is InChI=1S/C25H19N3O3/c1-3-17-6-10-20(11-7-17)28-23(27-24-22(25(28)30)5-4-14-26-24)13-9-18-15-21(31-2)12-8-19(18)16-29/h1,4-15,29H,16H2,2H3/b13-9+. The number of aliphatic hydroxyl groups is 1. The molecule has 0 bridgehead atoms. The minimum atomic E-state index is -0.237. The maximum atomic E-state index is 13.3. The second-order valence-electron chi connectivity index (χ2n) is 6.73. The first kappa shape index (κ1) is 20.1. The van der Waals surface area contributed by atoms with Gasteiger partial charge < -0.3 is 9.84 Å². The molecule has 0 saturated carbocycles. The van der Waals surface area contributed by atoms with E-state index in [1.54, 1.807) is 74.0 Å². The van der Waals surface area contributed by atoms with E-state index >= 15 is 0 Å². The van der Waals surface area contributed by atoms with Gasteiger partial charge in [-0.3, -0.25) is 9.36 Å². The minimum Gasteiger partial charge on any atom is -0.497 e. The Kier molecular flexibility index (Phi) is 5.61. The normalized spacial score (nSPS) is 11.0. The van der Waals surface area contributed by atoms with Crippen molar-refractivity contribution in [1.29, 1.82) is 0 Å². The summed E-state index contributed by atoms with van der Waals surface area (Å²) >= 11 is 0. The molecule has 0 spiro atoms. The van der Waals surface area contributed by atoms with Crippen molar-refractivity contribution in [3.8, 4) is 23.8 Å². The van der Waals surface area contributed by atoms with Crippen LogP contribution in [0.25, 0.3) is 28.9 Å². The highest BCUT2D eigenvalue weighted by Crippen LogP contribution is 2.21. The molecule has 0 atom stereocenters. The van der Waals surface area contributed by atoms with Crippen molar-refractivity contribution < 1.29 is 9.84 Å². The molecule has 2 heterocycles. The average molecular weight is 409 g/mol. The van der Waals surface area contributed by atoms with Crippen LogP contribution in [0.2, 0.25) is 0 Å². The Morgan fingerprint density at radius 1 is 1.16 bits per heavy atom. The van der Waals surface area contributed by atoms with Gasteiger partial charge in [-0.1, -0.05) is 18.1 Å². The Morgan fingerprint density at radius 3 is 2.68 bits per heavy atom. The highest BCUT2D eigenvalue weighted by Gasteiger charge is 2.12. The number of rotatable bonds is 5. The number of terminal acetylenes is 1. The van der Waals surface area contributed by atoms with E-state index < -0.39 is 0 Å². The second kappa shape index (κ2) is 8.66. The van der Waals surface area contributed by atoms with E-state index in [9.17, 15) is 9.90 Å². The fraction of sp³-hybridized carbons (Fsp3) is 0.0800. The summed E-state index contributed by atoms with van der Waals surface area (Å²) in [6.45, 7) is -0.128. The number of hydrogen-bond donors (Lipinski definition) is 1. The van der Waals surface area contributed by atoms with Gasteiger partial charge in [0.15, 0.2) is 5.65 Å². The lowest BCUT2D eigenvalue weighted by molar-refractivity contribution is 0.281. The van der Waals surface area contributed by atoms with Crippen LogP contribution in [-0.2, 0) is 6.61 Å². The maximum Gasteiger partial charge on any atom is 0.267 e. The number of aliphatic hydroxyl groups excluding tert-OH is 1. The van der Waals surface area contributed by atoms with Crippen LogP contribution in [0, 0.1) is 12.3 Å². The van der Waals surface area contributed by atoms with Gasteiger partial charge in [-0.15, -0.1) is 6.42 Å². The van der Waals surface area contributed by atoms with Crippen molar-refractivity contribution in [2.24, 2.45) is 0 Å². The summed E-state index contributed by atoms with van der Waals surface area (Å²) < 4.78 is 6.80. The molecule has 0 saturated heterocycles.